The van der Waals surface area contributed by atoms with Crippen molar-refractivity contribution < 1.29 is 14.3 Å². The normalized spacial score (nSPS) is 19.0. The van der Waals surface area contributed by atoms with Crippen molar-refractivity contribution in [1.29, 1.82) is 0 Å². The molecule has 0 unspecified atom stereocenters. The summed E-state index contributed by atoms with van der Waals surface area (Å²) in [5.74, 6) is 1.13. The van der Waals surface area contributed by atoms with E-state index < -0.39 is 0 Å². The molecule has 156 valence electrons. The van der Waals surface area contributed by atoms with E-state index in [1.807, 2.05) is 18.0 Å². The lowest BCUT2D eigenvalue weighted by Crippen LogP contribution is -2.48. The minimum Gasteiger partial charge on any atom is -0.382 e. The van der Waals surface area contributed by atoms with Gasteiger partial charge in [0.25, 0.3) is 0 Å². The van der Waals surface area contributed by atoms with Crippen LogP contribution in [0.3, 0.4) is 0 Å². The van der Waals surface area contributed by atoms with E-state index in [1.165, 1.54) is 19.3 Å². The molecule has 7 heteroatoms. The zero-order valence-corrected chi connectivity index (χ0v) is 17.3. The van der Waals surface area contributed by atoms with E-state index in [0.29, 0.717) is 31.8 Å². The lowest BCUT2D eigenvalue weighted by atomic mass is 9.91. The first kappa shape index (κ1) is 21.0. The molecular weight excluding hydrogens is 356 g/mol. The lowest BCUT2D eigenvalue weighted by Gasteiger charge is -2.34. The summed E-state index contributed by atoms with van der Waals surface area (Å²) < 4.78 is 10.7. The SMILES string of the molecule is COCCOCc1cnc(C)nc1C1CCN(C(=O)NC2CCCCC2)CC1. The number of aryl methyl sites for hydroxylation is 1. The van der Waals surface area contributed by atoms with Crippen LogP contribution in [-0.4, -0.2) is 60.4 Å². The van der Waals surface area contributed by atoms with Crippen molar-refractivity contribution in [2.24, 2.45) is 0 Å². The lowest BCUT2D eigenvalue weighted by molar-refractivity contribution is 0.0607. The predicted octanol–water partition coefficient (Wildman–Crippen LogP) is 3.17. The number of methoxy groups -OCH3 is 1. The van der Waals surface area contributed by atoms with E-state index in [2.05, 4.69) is 10.3 Å². The van der Waals surface area contributed by atoms with E-state index in [9.17, 15) is 4.79 Å². The van der Waals surface area contributed by atoms with Gasteiger partial charge in [0.15, 0.2) is 0 Å². The van der Waals surface area contributed by atoms with Gasteiger partial charge in [-0.1, -0.05) is 19.3 Å². The molecule has 3 rings (SSSR count). The Kier molecular flexibility index (Phi) is 8.03. The third kappa shape index (κ3) is 5.88. The van der Waals surface area contributed by atoms with Gasteiger partial charge < -0.3 is 19.7 Å². The number of carbonyl (C=O) groups excluding carboxylic acids is 1. The Morgan fingerprint density at radius 3 is 2.64 bits per heavy atom. The fourth-order valence-corrected chi connectivity index (χ4v) is 4.17. The maximum Gasteiger partial charge on any atom is 0.317 e. The van der Waals surface area contributed by atoms with Crippen LogP contribution in [0.15, 0.2) is 6.20 Å². The van der Waals surface area contributed by atoms with Crippen LogP contribution in [0.25, 0.3) is 0 Å². The van der Waals surface area contributed by atoms with E-state index >= 15 is 0 Å². The van der Waals surface area contributed by atoms with Crippen LogP contribution in [0.4, 0.5) is 4.79 Å². The Hall–Kier alpha value is -1.73. The van der Waals surface area contributed by atoms with Crippen LogP contribution in [0, 0.1) is 6.92 Å². The number of nitrogens with one attached hydrogen (secondary N) is 1. The molecule has 0 bridgehead atoms. The number of urea groups is 1. The summed E-state index contributed by atoms with van der Waals surface area (Å²) in [5.41, 5.74) is 2.13. The van der Waals surface area contributed by atoms with E-state index in [0.717, 1.165) is 55.9 Å². The fourth-order valence-electron chi connectivity index (χ4n) is 4.17. The highest BCUT2D eigenvalue weighted by molar-refractivity contribution is 5.74. The third-order valence-corrected chi connectivity index (χ3v) is 5.81. The first-order valence-corrected chi connectivity index (χ1v) is 10.6. The topological polar surface area (TPSA) is 76.6 Å². The van der Waals surface area contributed by atoms with E-state index in [-0.39, 0.29) is 6.03 Å². The number of rotatable bonds is 7. The molecule has 2 aliphatic rings. The second-order valence-electron chi connectivity index (χ2n) is 7.92. The van der Waals surface area contributed by atoms with Gasteiger partial charge in [0.05, 0.1) is 25.5 Å². The first-order chi connectivity index (χ1) is 13.7. The molecule has 1 N–H and O–H groups in total. The maximum atomic E-state index is 12.6. The van der Waals surface area contributed by atoms with Crippen LogP contribution < -0.4 is 5.32 Å². The standard InChI is InChI=1S/C21H34N4O3/c1-16-22-14-18(15-28-13-12-27-2)20(23-16)17-8-10-25(11-9-17)21(26)24-19-6-4-3-5-7-19/h14,17,19H,3-13,15H2,1-2H3,(H,24,26). The molecule has 0 spiro atoms. The average molecular weight is 391 g/mol. The van der Waals surface area contributed by atoms with Gasteiger partial charge in [0.1, 0.15) is 5.82 Å². The Morgan fingerprint density at radius 2 is 1.93 bits per heavy atom. The molecule has 1 aliphatic heterocycles. The summed E-state index contributed by atoms with van der Waals surface area (Å²) in [6, 6.07) is 0.465. The second kappa shape index (κ2) is 10.7. The largest absolute Gasteiger partial charge is 0.382 e. The maximum absolute atomic E-state index is 12.6. The van der Waals surface area contributed by atoms with Crippen LogP contribution in [-0.2, 0) is 16.1 Å². The Morgan fingerprint density at radius 1 is 1.18 bits per heavy atom. The van der Waals surface area contributed by atoms with Gasteiger partial charge in [0, 0.05) is 43.9 Å². The number of amides is 2. The van der Waals surface area contributed by atoms with Crippen LogP contribution in [0.5, 0.6) is 0 Å². The third-order valence-electron chi connectivity index (χ3n) is 5.81. The molecule has 0 aromatic carbocycles. The zero-order valence-electron chi connectivity index (χ0n) is 17.3. The predicted molar refractivity (Wildman–Crippen MR) is 107 cm³/mol. The molecule has 7 nitrogen and oxygen atoms in total. The van der Waals surface area contributed by atoms with Crippen LogP contribution in [0.1, 0.15) is 67.9 Å². The molecule has 0 radical (unpaired) electrons. The zero-order chi connectivity index (χ0) is 19.8. The summed E-state index contributed by atoms with van der Waals surface area (Å²) in [4.78, 5) is 23.6. The Labute approximate surface area is 168 Å². The number of hydrogen-bond acceptors (Lipinski definition) is 5. The highest BCUT2D eigenvalue weighted by Crippen LogP contribution is 2.29. The van der Waals surface area contributed by atoms with Gasteiger partial charge in [-0.2, -0.15) is 0 Å². The molecule has 2 fully saturated rings. The van der Waals surface area contributed by atoms with Crippen LogP contribution in [0.2, 0.25) is 0 Å². The molecule has 1 aliphatic carbocycles. The van der Waals surface area contributed by atoms with Crippen molar-refractivity contribution in [3.63, 3.8) is 0 Å². The summed E-state index contributed by atoms with van der Waals surface area (Å²) in [7, 11) is 1.67. The van der Waals surface area contributed by atoms with E-state index in [4.69, 9.17) is 14.5 Å². The Bertz CT molecular complexity index is 626. The highest BCUT2D eigenvalue weighted by Gasteiger charge is 2.27. The molecule has 2 heterocycles. The number of likely N-dealkylation sites (tertiary alicyclic amines) is 1. The molecule has 1 aromatic rings. The molecule has 0 atom stereocenters. The number of ether oxygens (including phenoxy) is 2. The number of aromatic nitrogens is 2. The van der Waals surface area contributed by atoms with Crippen molar-refractivity contribution in [2.45, 2.75) is 70.4 Å². The monoisotopic (exact) mass is 390 g/mol. The van der Waals surface area contributed by atoms with E-state index in [1.54, 1.807) is 7.11 Å². The van der Waals surface area contributed by atoms with Crippen molar-refractivity contribution >= 4 is 6.03 Å². The highest BCUT2D eigenvalue weighted by atomic mass is 16.5. The van der Waals surface area contributed by atoms with Gasteiger partial charge >= 0.3 is 6.03 Å². The van der Waals surface area contributed by atoms with Crippen LogP contribution >= 0.6 is 0 Å². The van der Waals surface area contributed by atoms with Crippen molar-refractivity contribution in [3.8, 4) is 0 Å². The number of carbonyl (C=O) groups is 1. The van der Waals surface area contributed by atoms with Crippen molar-refractivity contribution in [1.82, 2.24) is 20.2 Å². The molecule has 1 saturated heterocycles. The minimum atomic E-state index is 0.104. The average Bonchev–Trinajstić information content (AvgIpc) is 2.73. The summed E-state index contributed by atoms with van der Waals surface area (Å²) in [6.45, 7) is 5.11. The molecule has 28 heavy (non-hydrogen) atoms. The number of hydrogen-bond donors (Lipinski definition) is 1. The van der Waals surface area contributed by atoms with Crippen molar-refractivity contribution in [3.05, 3.63) is 23.3 Å². The first-order valence-electron chi connectivity index (χ1n) is 10.6. The van der Waals surface area contributed by atoms with Gasteiger partial charge in [-0.05, 0) is 32.6 Å². The smallest absolute Gasteiger partial charge is 0.317 e. The quantitative estimate of drug-likeness (QED) is 0.724. The number of nitrogens with zero attached hydrogens (tertiary/aromatic N) is 3. The van der Waals surface area contributed by atoms with Gasteiger partial charge in [0.2, 0.25) is 0 Å². The minimum absolute atomic E-state index is 0.104. The Balaban J connectivity index is 1.53. The molecular formula is C21H34N4O3. The summed E-state index contributed by atoms with van der Waals surface area (Å²) >= 11 is 0. The van der Waals surface area contributed by atoms with Gasteiger partial charge in [-0.25, -0.2) is 14.8 Å². The van der Waals surface area contributed by atoms with Crippen molar-refractivity contribution in [2.75, 3.05) is 33.4 Å². The molecule has 1 saturated carbocycles. The summed E-state index contributed by atoms with van der Waals surface area (Å²) in [5, 5.41) is 3.23. The van der Waals surface area contributed by atoms with Gasteiger partial charge in [-0.3, -0.25) is 0 Å². The second-order valence-corrected chi connectivity index (χ2v) is 7.92. The molecule has 2 amide bonds. The number of piperidine rings is 1. The molecule has 1 aromatic heterocycles. The fraction of sp³-hybridized carbons (Fsp3) is 0.762. The summed E-state index contributed by atoms with van der Waals surface area (Å²) in [6.07, 6.45) is 9.74. The van der Waals surface area contributed by atoms with Gasteiger partial charge in [-0.15, -0.1) is 0 Å².